The maximum Gasteiger partial charge on any atom is 0.0372 e. The Kier molecular flexibility index (Phi) is 4.90. The molecular weight excluding hydrogens is 335 g/mol. The second-order valence-corrected chi connectivity index (χ2v) is 6.78. The van der Waals surface area contributed by atoms with Crippen LogP contribution in [0.15, 0.2) is 18.2 Å². The van der Waals surface area contributed by atoms with Gasteiger partial charge in [0.1, 0.15) is 0 Å². The maximum absolute atomic E-state index is 3.70. The van der Waals surface area contributed by atoms with E-state index in [0.717, 1.165) is 5.92 Å². The first kappa shape index (κ1) is 14.1. The van der Waals surface area contributed by atoms with Crippen LogP contribution in [0.3, 0.4) is 0 Å². The number of benzene rings is 1. The molecule has 0 amide bonds. The average Bonchev–Trinajstić information content (AvgIpc) is 2.33. The Morgan fingerprint density at radius 1 is 1.33 bits per heavy atom. The third kappa shape index (κ3) is 3.60. The molecule has 2 rings (SSSR count). The largest absolute Gasteiger partial charge is 0.382 e. The Morgan fingerprint density at radius 2 is 2.00 bits per heavy atom. The number of aryl methyl sites for hydroxylation is 1. The lowest BCUT2D eigenvalue weighted by Crippen LogP contribution is -2.37. The molecule has 1 fully saturated rings. The van der Waals surface area contributed by atoms with Gasteiger partial charge >= 0.3 is 0 Å². The summed E-state index contributed by atoms with van der Waals surface area (Å²) in [5.41, 5.74) is 2.64. The van der Waals surface area contributed by atoms with Gasteiger partial charge < -0.3 is 10.2 Å². The lowest BCUT2D eigenvalue weighted by molar-refractivity contribution is 0.208. The quantitative estimate of drug-likeness (QED) is 0.829. The smallest absolute Gasteiger partial charge is 0.0372 e. The van der Waals surface area contributed by atoms with E-state index in [1.165, 1.54) is 40.8 Å². The number of hydrogen-bond acceptors (Lipinski definition) is 2. The third-order valence-electron chi connectivity index (χ3n) is 4.04. The van der Waals surface area contributed by atoms with Gasteiger partial charge in [-0.25, -0.2) is 0 Å². The Labute approximate surface area is 124 Å². The van der Waals surface area contributed by atoms with Gasteiger partial charge in [0.2, 0.25) is 0 Å². The summed E-state index contributed by atoms with van der Waals surface area (Å²) in [6.45, 7) is 6.99. The van der Waals surface area contributed by atoms with Crippen molar-refractivity contribution in [1.29, 1.82) is 0 Å². The second-order valence-electron chi connectivity index (χ2n) is 5.53. The zero-order valence-corrected chi connectivity index (χ0v) is 13.7. The number of piperidine rings is 1. The molecule has 0 radical (unpaired) electrons. The van der Waals surface area contributed by atoms with E-state index < -0.39 is 0 Å². The highest BCUT2D eigenvalue weighted by molar-refractivity contribution is 14.1. The highest BCUT2D eigenvalue weighted by Crippen LogP contribution is 2.24. The van der Waals surface area contributed by atoms with Gasteiger partial charge in [0.05, 0.1) is 0 Å². The molecular formula is C15H23IN2. The Balaban J connectivity index is 1.96. The number of rotatable bonds is 3. The van der Waals surface area contributed by atoms with Crippen molar-refractivity contribution in [2.45, 2.75) is 32.7 Å². The Bertz CT molecular complexity index is 397. The first-order valence-corrected chi connectivity index (χ1v) is 7.85. The van der Waals surface area contributed by atoms with Crippen LogP contribution < -0.4 is 5.32 Å². The topological polar surface area (TPSA) is 15.3 Å². The maximum atomic E-state index is 3.70. The summed E-state index contributed by atoms with van der Waals surface area (Å²) in [5, 5.41) is 3.70. The van der Waals surface area contributed by atoms with Crippen LogP contribution in [0, 0.1) is 16.4 Å². The van der Waals surface area contributed by atoms with Crippen LogP contribution in [0.25, 0.3) is 0 Å². The normalized spacial score (nSPS) is 19.8. The van der Waals surface area contributed by atoms with E-state index in [1.54, 1.807) is 0 Å². The van der Waals surface area contributed by atoms with E-state index in [4.69, 9.17) is 0 Å². The molecule has 2 nitrogen and oxygen atoms in total. The summed E-state index contributed by atoms with van der Waals surface area (Å²) in [6.07, 6.45) is 2.63. The molecule has 1 aromatic carbocycles. The molecule has 0 saturated carbocycles. The summed E-state index contributed by atoms with van der Waals surface area (Å²) in [5.74, 6) is 0.805. The van der Waals surface area contributed by atoms with Crippen molar-refractivity contribution >= 4 is 28.3 Å². The lowest BCUT2D eigenvalue weighted by atomic mass is 9.90. The van der Waals surface area contributed by atoms with E-state index >= 15 is 0 Å². The summed E-state index contributed by atoms with van der Waals surface area (Å²) in [6, 6.07) is 7.20. The molecule has 1 aliphatic heterocycles. The van der Waals surface area contributed by atoms with Crippen LogP contribution >= 0.6 is 22.6 Å². The van der Waals surface area contributed by atoms with Crippen molar-refractivity contribution in [2.24, 2.45) is 5.92 Å². The molecule has 0 bridgehead atoms. The standard InChI is InChI=1S/C15H23IN2/c1-11-10-14(16)4-5-15(11)17-12(2)13-6-8-18(3)9-7-13/h4-5,10,12-13,17H,6-9H2,1-3H3. The van der Waals surface area contributed by atoms with Gasteiger partial charge in [0.25, 0.3) is 0 Å². The van der Waals surface area contributed by atoms with Gasteiger partial charge in [-0.05, 0) is 99.1 Å². The fourth-order valence-electron chi connectivity index (χ4n) is 2.68. The Hall–Kier alpha value is -0.290. The van der Waals surface area contributed by atoms with E-state index in [-0.39, 0.29) is 0 Å². The minimum Gasteiger partial charge on any atom is -0.382 e. The molecule has 18 heavy (non-hydrogen) atoms. The minimum atomic E-state index is 0.567. The highest BCUT2D eigenvalue weighted by Gasteiger charge is 2.22. The number of nitrogens with one attached hydrogen (secondary N) is 1. The predicted octanol–water partition coefficient (Wildman–Crippen LogP) is 3.74. The van der Waals surface area contributed by atoms with E-state index in [9.17, 15) is 0 Å². The molecule has 1 aliphatic rings. The summed E-state index contributed by atoms with van der Waals surface area (Å²) in [4.78, 5) is 2.43. The molecule has 0 aliphatic carbocycles. The fraction of sp³-hybridized carbons (Fsp3) is 0.600. The van der Waals surface area contributed by atoms with Crippen LogP contribution in [-0.4, -0.2) is 31.1 Å². The minimum absolute atomic E-state index is 0.567. The van der Waals surface area contributed by atoms with Crippen molar-refractivity contribution < 1.29 is 0 Å². The summed E-state index contributed by atoms with van der Waals surface area (Å²) in [7, 11) is 2.22. The molecule has 1 aromatic rings. The van der Waals surface area contributed by atoms with Crippen LogP contribution in [0.4, 0.5) is 5.69 Å². The van der Waals surface area contributed by atoms with Crippen LogP contribution in [0.1, 0.15) is 25.3 Å². The molecule has 3 heteroatoms. The molecule has 100 valence electrons. The van der Waals surface area contributed by atoms with Crippen molar-refractivity contribution in [3.8, 4) is 0 Å². The third-order valence-corrected chi connectivity index (χ3v) is 4.71. The van der Waals surface area contributed by atoms with Gasteiger partial charge in [-0.2, -0.15) is 0 Å². The molecule has 1 unspecified atom stereocenters. The number of anilines is 1. The molecule has 0 aromatic heterocycles. The zero-order valence-electron chi connectivity index (χ0n) is 11.5. The van der Waals surface area contributed by atoms with Gasteiger partial charge in [0.15, 0.2) is 0 Å². The summed E-state index contributed by atoms with van der Waals surface area (Å²) >= 11 is 2.37. The SMILES string of the molecule is Cc1cc(I)ccc1NC(C)C1CCN(C)CC1. The zero-order chi connectivity index (χ0) is 13.1. The van der Waals surface area contributed by atoms with Crippen LogP contribution in [0.5, 0.6) is 0 Å². The van der Waals surface area contributed by atoms with Gasteiger partial charge in [-0.1, -0.05) is 0 Å². The van der Waals surface area contributed by atoms with E-state index in [2.05, 4.69) is 71.9 Å². The van der Waals surface area contributed by atoms with Crippen LogP contribution in [0.2, 0.25) is 0 Å². The predicted molar refractivity (Wildman–Crippen MR) is 87.2 cm³/mol. The molecule has 1 heterocycles. The van der Waals surface area contributed by atoms with Gasteiger partial charge in [0, 0.05) is 15.3 Å². The number of likely N-dealkylation sites (tertiary alicyclic amines) is 1. The van der Waals surface area contributed by atoms with Crippen molar-refractivity contribution in [3.05, 3.63) is 27.3 Å². The fourth-order valence-corrected chi connectivity index (χ4v) is 3.33. The van der Waals surface area contributed by atoms with Gasteiger partial charge in [-0.3, -0.25) is 0 Å². The Morgan fingerprint density at radius 3 is 2.61 bits per heavy atom. The molecule has 1 atom stereocenters. The van der Waals surface area contributed by atoms with Crippen LogP contribution in [-0.2, 0) is 0 Å². The highest BCUT2D eigenvalue weighted by atomic mass is 127. The number of hydrogen-bond donors (Lipinski definition) is 1. The van der Waals surface area contributed by atoms with Crippen molar-refractivity contribution in [2.75, 3.05) is 25.5 Å². The molecule has 0 spiro atoms. The number of nitrogens with zero attached hydrogens (tertiary/aromatic N) is 1. The average molecular weight is 358 g/mol. The first-order chi connectivity index (χ1) is 8.56. The van der Waals surface area contributed by atoms with Crippen molar-refractivity contribution in [3.63, 3.8) is 0 Å². The van der Waals surface area contributed by atoms with E-state index in [0.29, 0.717) is 6.04 Å². The second kappa shape index (κ2) is 6.24. The lowest BCUT2D eigenvalue weighted by Gasteiger charge is -2.33. The summed E-state index contributed by atoms with van der Waals surface area (Å²) < 4.78 is 1.31. The monoisotopic (exact) mass is 358 g/mol. The van der Waals surface area contributed by atoms with E-state index in [1.807, 2.05) is 0 Å². The van der Waals surface area contributed by atoms with Gasteiger partial charge in [-0.15, -0.1) is 0 Å². The van der Waals surface area contributed by atoms with Crippen molar-refractivity contribution in [1.82, 2.24) is 4.90 Å². The number of halogens is 1. The molecule has 1 N–H and O–H groups in total. The first-order valence-electron chi connectivity index (χ1n) is 6.77. The molecule has 1 saturated heterocycles.